The van der Waals surface area contributed by atoms with Gasteiger partial charge in [-0.15, -0.1) is 35.3 Å². The Balaban J connectivity index is 0.00000363. The number of aliphatic imine (C=N–C) groups is 1. The number of likely N-dealkylation sites (N-methyl/N-ethyl adjacent to an activating group) is 1. The van der Waals surface area contributed by atoms with Crippen molar-refractivity contribution in [3.05, 3.63) is 45.4 Å². The minimum absolute atomic E-state index is 0. The molecule has 7 nitrogen and oxygen atoms in total. The van der Waals surface area contributed by atoms with Crippen LogP contribution in [-0.4, -0.2) is 62.3 Å². The van der Waals surface area contributed by atoms with Crippen molar-refractivity contribution < 1.29 is 9.47 Å². The Kier molecular flexibility index (Phi) is 11.7. The average molecular weight is 574 g/mol. The molecule has 1 aromatic heterocycles. The van der Waals surface area contributed by atoms with Crippen molar-refractivity contribution in [2.24, 2.45) is 4.99 Å². The fraction of sp³-hybridized carbons (Fsp3) is 0.565. The summed E-state index contributed by atoms with van der Waals surface area (Å²) in [6.45, 7) is 8.82. The Morgan fingerprint density at radius 3 is 2.69 bits per heavy atom. The van der Waals surface area contributed by atoms with Gasteiger partial charge < -0.3 is 20.1 Å². The number of benzene rings is 1. The number of hydrogen-bond acceptors (Lipinski definition) is 6. The zero-order valence-electron chi connectivity index (χ0n) is 19.5. The van der Waals surface area contributed by atoms with Crippen molar-refractivity contribution in [2.75, 3.05) is 40.5 Å². The molecule has 0 unspecified atom stereocenters. The molecule has 1 aromatic carbocycles. The van der Waals surface area contributed by atoms with E-state index in [9.17, 15) is 0 Å². The lowest BCUT2D eigenvalue weighted by Crippen LogP contribution is -2.38. The first kappa shape index (κ1) is 26.8. The van der Waals surface area contributed by atoms with Crippen LogP contribution in [0.1, 0.15) is 34.0 Å². The van der Waals surface area contributed by atoms with Gasteiger partial charge in [-0.2, -0.15) is 0 Å². The molecule has 2 N–H and O–H groups in total. The largest absolute Gasteiger partial charge is 0.492 e. The maximum absolute atomic E-state index is 6.01. The van der Waals surface area contributed by atoms with Crippen molar-refractivity contribution in [2.45, 2.75) is 45.8 Å². The highest BCUT2D eigenvalue weighted by molar-refractivity contribution is 14.0. The van der Waals surface area contributed by atoms with E-state index in [0.717, 1.165) is 60.6 Å². The Bertz CT molecular complexity index is 835. The van der Waals surface area contributed by atoms with Gasteiger partial charge in [0.25, 0.3) is 0 Å². The summed E-state index contributed by atoms with van der Waals surface area (Å²) in [5.74, 6) is 1.66. The van der Waals surface area contributed by atoms with Crippen LogP contribution >= 0.6 is 35.3 Å². The lowest BCUT2D eigenvalue weighted by atomic mass is 10.1. The number of aryl methyl sites for hydroxylation is 2. The van der Waals surface area contributed by atoms with Gasteiger partial charge in [0, 0.05) is 44.3 Å². The lowest BCUT2D eigenvalue weighted by Gasteiger charge is -2.31. The zero-order valence-corrected chi connectivity index (χ0v) is 22.7. The molecular weight excluding hydrogens is 537 g/mol. The van der Waals surface area contributed by atoms with Gasteiger partial charge in [-0.1, -0.05) is 12.1 Å². The Labute approximate surface area is 213 Å². The van der Waals surface area contributed by atoms with Crippen molar-refractivity contribution in [3.8, 4) is 5.75 Å². The maximum Gasteiger partial charge on any atom is 0.191 e. The van der Waals surface area contributed by atoms with E-state index in [0.29, 0.717) is 25.7 Å². The Hall–Kier alpha value is -1.43. The summed E-state index contributed by atoms with van der Waals surface area (Å²) in [6, 6.07) is 8.82. The molecule has 2 aromatic rings. The van der Waals surface area contributed by atoms with Crippen molar-refractivity contribution >= 4 is 41.3 Å². The third kappa shape index (κ3) is 8.49. The summed E-state index contributed by atoms with van der Waals surface area (Å²) in [7, 11) is 3.95. The van der Waals surface area contributed by atoms with Crippen molar-refractivity contribution in [1.29, 1.82) is 0 Å². The van der Waals surface area contributed by atoms with Crippen LogP contribution in [0.2, 0.25) is 0 Å². The summed E-state index contributed by atoms with van der Waals surface area (Å²) >= 11 is 1.72. The van der Waals surface area contributed by atoms with Crippen LogP contribution in [0.4, 0.5) is 0 Å². The summed E-state index contributed by atoms with van der Waals surface area (Å²) < 4.78 is 11.5. The molecule has 1 aliphatic rings. The normalized spacial score (nSPS) is 14.8. The second-order valence-electron chi connectivity index (χ2n) is 7.85. The van der Waals surface area contributed by atoms with E-state index in [1.54, 1.807) is 18.4 Å². The van der Waals surface area contributed by atoms with Gasteiger partial charge >= 0.3 is 0 Å². The first-order valence-electron chi connectivity index (χ1n) is 10.9. The third-order valence-corrected chi connectivity index (χ3v) is 6.66. The molecule has 9 heteroatoms. The van der Waals surface area contributed by atoms with Crippen LogP contribution < -0.4 is 15.4 Å². The van der Waals surface area contributed by atoms with Gasteiger partial charge in [-0.3, -0.25) is 9.89 Å². The van der Waals surface area contributed by atoms with E-state index < -0.39 is 0 Å². The van der Waals surface area contributed by atoms with Crippen molar-refractivity contribution in [1.82, 2.24) is 20.5 Å². The van der Waals surface area contributed by atoms with E-state index in [-0.39, 0.29) is 24.0 Å². The van der Waals surface area contributed by atoms with Crippen LogP contribution in [0.15, 0.2) is 29.3 Å². The van der Waals surface area contributed by atoms with Crippen LogP contribution in [-0.2, 0) is 17.8 Å². The molecule has 1 saturated heterocycles. The SMILES string of the molecule is CN=C(NCc1cccc(OCCN(C)C2CCOCC2)c1)NCc1nc(C)c(C)s1.I. The minimum Gasteiger partial charge on any atom is -0.492 e. The lowest BCUT2D eigenvalue weighted by molar-refractivity contribution is 0.0392. The fourth-order valence-electron chi connectivity index (χ4n) is 3.54. The van der Waals surface area contributed by atoms with Crippen LogP contribution in [0, 0.1) is 13.8 Å². The second-order valence-corrected chi connectivity index (χ2v) is 9.14. The van der Waals surface area contributed by atoms with E-state index in [4.69, 9.17) is 9.47 Å². The number of rotatable bonds is 9. The second kappa shape index (κ2) is 14.0. The molecule has 0 atom stereocenters. The molecule has 0 bridgehead atoms. The molecule has 0 saturated carbocycles. The predicted octanol–water partition coefficient (Wildman–Crippen LogP) is 3.73. The third-order valence-electron chi connectivity index (χ3n) is 5.59. The molecular formula is C23H36IN5O2S. The highest BCUT2D eigenvalue weighted by Gasteiger charge is 2.18. The smallest absolute Gasteiger partial charge is 0.191 e. The van der Waals surface area contributed by atoms with E-state index in [2.05, 4.69) is 51.6 Å². The molecule has 0 radical (unpaired) electrons. The number of guanidine groups is 1. The van der Waals surface area contributed by atoms with Gasteiger partial charge in [-0.05, 0) is 51.4 Å². The molecule has 0 spiro atoms. The first-order valence-corrected chi connectivity index (χ1v) is 11.7. The van der Waals surface area contributed by atoms with Crippen LogP contribution in [0.25, 0.3) is 0 Å². The number of hydrogen-bond donors (Lipinski definition) is 2. The van der Waals surface area contributed by atoms with E-state index >= 15 is 0 Å². The summed E-state index contributed by atoms with van der Waals surface area (Å²) in [6.07, 6.45) is 2.21. The van der Waals surface area contributed by atoms with Gasteiger partial charge in [0.15, 0.2) is 5.96 Å². The van der Waals surface area contributed by atoms with Crippen LogP contribution in [0.5, 0.6) is 5.75 Å². The standard InChI is InChI=1S/C23H35N5O2S.HI/c1-17-18(2)31-22(27-17)16-26-23(24-3)25-15-19-6-5-7-21(14-19)30-13-10-28(4)20-8-11-29-12-9-20;/h5-7,14,20H,8-13,15-16H2,1-4H3,(H2,24,25,26);1H. The molecule has 3 rings (SSSR count). The first-order chi connectivity index (χ1) is 15.0. The number of aromatic nitrogens is 1. The number of thiazole rings is 1. The van der Waals surface area contributed by atoms with Crippen LogP contribution in [0.3, 0.4) is 0 Å². The number of halogens is 1. The zero-order chi connectivity index (χ0) is 22.1. The summed E-state index contributed by atoms with van der Waals surface area (Å²) in [4.78, 5) is 12.5. The van der Waals surface area contributed by atoms with E-state index in [1.807, 2.05) is 19.1 Å². The Morgan fingerprint density at radius 1 is 1.25 bits per heavy atom. The van der Waals surface area contributed by atoms with Gasteiger partial charge in [0.05, 0.1) is 12.2 Å². The molecule has 0 amide bonds. The van der Waals surface area contributed by atoms with Crippen molar-refractivity contribution in [3.63, 3.8) is 0 Å². The van der Waals surface area contributed by atoms with Gasteiger partial charge in [0.2, 0.25) is 0 Å². The van der Waals surface area contributed by atoms with E-state index in [1.165, 1.54) is 4.88 Å². The Morgan fingerprint density at radius 2 is 2.00 bits per heavy atom. The number of nitrogens with one attached hydrogen (secondary N) is 2. The predicted molar refractivity (Wildman–Crippen MR) is 142 cm³/mol. The summed E-state index contributed by atoms with van der Waals surface area (Å²) in [5, 5.41) is 7.76. The number of nitrogens with zero attached hydrogens (tertiary/aromatic N) is 3. The highest BCUT2D eigenvalue weighted by atomic mass is 127. The maximum atomic E-state index is 6.01. The molecule has 2 heterocycles. The monoisotopic (exact) mass is 573 g/mol. The molecule has 0 aliphatic carbocycles. The summed E-state index contributed by atoms with van der Waals surface area (Å²) in [5.41, 5.74) is 2.25. The minimum atomic E-state index is 0. The molecule has 32 heavy (non-hydrogen) atoms. The molecule has 178 valence electrons. The molecule has 1 aliphatic heterocycles. The quantitative estimate of drug-likeness (QED) is 0.271. The highest BCUT2D eigenvalue weighted by Crippen LogP contribution is 2.17. The molecule has 1 fully saturated rings. The topological polar surface area (TPSA) is 71.0 Å². The van der Waals surface area contributed by atoms with Gasteiger partial charge in [-0.25, -0.2) is 4.98 Å². The van der Waals surface area contributed by atoms with Gasteiger partial charge in [0.1, 0.15) is 17.4 Å². The fourth-order valence-corrected chi connectivity index (χ4v) is 4.42. The average Bonchev–Trinajstić information content (AvgIpc) is 3.12. The number of ether oxygens (including phenoxy) is 2.